The van der Waals surface area contributed by atoms with E-state index in [2.05, 4.69) is 6.92 Å². The molecule has 6 rings (SSSR count). The molecule has 3 heterocycles. The molecule has 40 heavy (non-hydrogen) atoms. The highest BCUT2D eigenvalue weighted by Crippen LogP contribution is 2.45. The molecule has 0 spiro atoms. The van der Waals surface area contributed by atoms with Crippen LogP contribution < -0.4 is 19.1 Å². The van der Waals surface area contributed by atoms with Crippen LogP contribution in [0, 0.1) is 6.92 Å². The van der Waals surface area contributed by atoms with E-state index < -0.39 is 17.7 Å². The highest BCUT2D eigenvalue weighted by molar-refractivity contribution is 7.22. The maximum Gasteiger partial charge on any atom is 0.301 e. The number of thiazole rings is 1. The lowest BCUT2D eigenvalue weighted by atomic mass is 9.95. The minimum atomic E-state index is -0.889. The molecule has 8 nitrogen and oxygen atoms in total. The summed E-state index contributed by atoms with van der Waals surface area (Å²) in [6.45, 7) is 5.50. The van der Waals surface area contributed by atoms with Gasteiger partial charge in [0.1, 0.15) is 24.7 Å². The van der Waals surface area contributed by atoms with Gasteiger partial charge in [0.25, 0.3) is 5.78 Å². The molecule has 1 atom stereocenters. The standard InChI is InChI=1S/C31H28N2O6S/c1-3-4-13-37-21-9-6-19(7-10-21)27-26(28(34)20-8-12-23-24(17-20)39-15-14-38-23)29(35)30(36)33(27)31-32-22-11-5-18(2)16-25(22)40-31/h5-12,16-17,27,34H,3-4,13-15H2,1-2H3. The normalized spacial score (nSPS) is 17.9. The van der Waals surface area contributed by atoms with E-state index in [1.165, 1.54) is 16.2 Å². The van der Waals surface area contributed by atoms with Gasteiger partial charge in [-0.2, -0.15) is 0 Å². The lowest BCUT2D eigenvalue weighted by molar-refractivity contribution is -0.132. The topological polar surface area (TPSA) is 98.2 Å². The summed E-state index contributed by atoms with van der Waals surface area (Å²) in [7, 11) is 0. The summed E-state index contributed by atoms with van der Waals surface area (Å²) in [5, 5.41) is 11.9. The number of aryl methyl sites for hydroxylation is 1. The average molecular weight is 557 g/mol. The van der Waals surface area contributed by atoms with E-state index in [0.717, 1.165) is 28.6 Å². The highest BCUT2D eigenvalue weighted by Gasteiger charge is 2.48. The van der Waals surface area contributed by atoms with Crippen molar-refractivity contribution in [2.45, 2.75) is 32.7 Å². The van der Waals surface area contributed by atoms with Gasteiger partial charge in [-0.25, -0.2) is 4.98 Å². The van der Waals surface area contributed by atoms with E-state index in [0.29, 0.717) is 53.3 Å². The van der Waals surface area contributed by atoms with Crippen LogP contribution in [0.25, 0.3) is 16.0 Å². The Morgan fingerprint density at radius 2 is 1.82 bits per heavy atom. The first-order valence-corrected chi connectivity index (χ1v) is 14.1. The number of aliphatic hydroxyl groups excluding tert-OH is 1. The van der Waals surface area contributed by atoms with Crippen molar-refractivity contribution in [2.24, 2.45) is 0 Å². The number of hydrogen-bond donors (Lipinski definition) is 1. The number of hydrogen-bond acceptors (Lipinski definition) is 8. The van der Waals surface area contributed by atoms with E-state index in [4.69, 9.17) is 19.2 Å². The Hall–Kier alpha value is -4.37. The van der Waals surface area contributed by atoms with Gasteiger partial charge in [0.2, 0.25) is 0 Å². The van der Waals surface area contributed by atoms with Gasteiger partial charge in [-0.05, 0) is 66.9 Å². The number of amides is 1. The second-order valence-corrected chi connectivity index (χ2v) is 10.8. The van der Waals surface area contributed by atoms with Gasteiger partial charge in [-0.1, -0.05) is 42.9 Å². The second-order valence-electron chi connectivity index (χ2n) is 9.77. The summed E-state index contributed by atoms with van der Waals surface area (Å²) in [5.74, 6) is -0.0989. The molecule has 0 aliphatic carbocycles. The quantitative estimate of drug-likeness (QED) is 0.126. The summed E-state index contributed by atoms with van der Waals surface area (Å²) < 4.78 is 18.0. The number of nitrogens with zero attached hydrogens (tertiary/aromatic N) is 2. The minimum Gasteiger partial charge on any atom is -0.507 e. The third kappa shape index (κ3) is 4.66. The van der Waals surface area contributed by atoms with Crippen LogP contribution in [0.4, 0.5) is 5.13 Å². The van der Waals surface area contributed by atoms with Crippen molar-refractivity contribution in [1.82, 2.24) is 4.98 Å². The number of carbonyl (C=O) groups excluding carboxylic acids is 2. The molecule has 1 fully saturated rings. The number of unbranched alkanes of at least 4 members (excludes halogenated alkanes) is 1. The van der Waals surface area contributed by atoms with Crippen molar-refractivity contribution < 1.29 is 28.9 Å². The molecule has 3 aromatic carbocycles. The highest BCUT2D eigenvalue weighted by atomic mass is 32.1. The average Bonchev–Trinajstić information content (AvgIpc) is 3.50. The summed E-state index contributed by atoms with van der Waals surface area (Å²) in [6.07, 6.45) is 1.96. The first-order valence-electron chi connectivity index (χ1n) is 13.3. The fraction of sp³-hybridized carbons (Fsp3) is 0.258. The number of Topliss-reactive ketones (excluding diaryl/α,β-unsaturated/α-hetero) is 1. The second kappa shape index (κ2) is 10.7. The van der Waals surface area contributed by atoms with Crippen LogP contribution in [0.2, 0.25) is 0 Å². The minimum absolute atomic E-state index is 0.0169. The Bertz CT molecular complexity index is 1640. The summed E-state index contributed by atoms with van der Waals surface area (Å²) in [5.41, 5.74) is 2.79. The number of benzene rings is 3. The van der Waals surface area contributed by atoms with Crippen molar-refractivity contribution in [2.75, 3.05) is 24.7 Å². The van der Waals surface area contributed by atoms with Crippen LogP contribution in [-0.2, 0) is 9.59 Å². The molecule has 2 aliphatic heterocycles. The molecular formula is C31H28N2O6S. The van der Waals surface area contributed by atoms with Crippen molar-refractivity contribution >= 4 is 44.1 Å². The van der Waals surface area contributed by atoms with Gasteiger partial charge >= 0.3 is 5.91 Å². The maximum absolute atomic E-state index is 13.6. The zero-order valence-electron chi connectivity index (χ0n) is 22.2. The summed E-state index contributed by atoms with van der Waals surface area (Å²) in [4.78, 5) is 33.2. The van der Waals surface area contributed by atoms with Crippen molar-refractivity contribution in [1.29, 1.82) is 0 Å². The third-order valence-electron chi connectivity index (χ3n) is 6.96. The van der Waals surface area contributed by atoms with E-state index in [-0.39, 0.29) is 11.3 Å². The lowest BCUT2D eigenvalue weighted by Crippen LogP contribution is -2.29. The molecule has 0 bridgehead atoms. The number of aromatic nitrogens is 1. The Balaban J connectivity index is 1.47. The van der Waals surface area contributed by atoms with Gasteiger partial charge in [0.05, 0.1) is 28.4 Å². The maximum atomic E-state index is 13.6. The van der Waals surface area contributed by atoms with E-state index >= 15 is 0 Å². The molecule has 1 saturated heterocycles. The third-order valence-corrected chi connectivity index (χ3v) is 7.98. The van der Waals surface area contributed by atoms with Gasteiger partial charge in [-0.3, -0.25) is 14.5 Å². The molecule has 4 aromatic rings. The lowest BCUT2D eigenvalue weighted by Gasteiger charge is -2.23. The molecule has 1 amide bonds. The Morgan fingerprint density at radius 3 is 2.60 bits per heavy atom. The molecule has 0 saturated carbocycles. The molecule has 2 aliphatic rings. The zero-order valence-corrected chi connectivity index (χ0v) is 23.0. The van der Waals surface area contributed by atoms with Gasteiger partial charge in [0.15, 0.2) is 16.6 Å². The number of ketones is 1. The molecule has 1 aromatic heterocycles. The van der Waals surface area contributed by atoms with Crippen LogP contribution in [-0.4, -0.2) is 41.6 Å². The monoisotopic (exact) mass is 556 g/mol. The number of ether oxygens (including phenoxy) is 3. The van der Waals surface area contributed by atoms with Crippen LogP contribution in [0.1, 0.15) is 42.5 Å². The first kappa shape index (κ1) is 25.9. The van der Waals surface area contributed by atoms with E-state index in [1.54, 1.807) is 18.2 Å². The van der Waals surface area contributed by atoms with E-state index in [1.807, 2.05) is 49.4 Å². The molecule has 1 N–H and O–H groups in total. The van der Waals surface area contributed by atoms with Crippen molar-refractivity contribution in [3.05, 3.63) is 82.9 Å². The van der Waals surface area contributed by atoms with Crippen LogP contribution in [0.3, 0.4) is 0 Å². The fourth-order valence-corrected chi connectivity index (χ4v) is 5.99. The van der Waals surface area contributed by atoms with Crippen LogP contribution in [0.5, 0.6) is 17.2 Å². The van der Waals surface area contributed by atoms with Crippen molar-refractivity contribution in [3.63, 3.8) is 0 Å². The Morgan fingerprint density at radius 1 is 1.05 bits per heavy atom. The van der Waals surface area contributed by atoms with E-state index in [9.17, 15) is 14.7 Å². The molecular weight excluding hydrogens is 528 g/mol. The molecule has 9 heteroatoms. The smallest absolute Gasteiger partial charge is 0.301 e. The number of carbonyl (C=O) groups is 2. The Labute approximate surface area is 235 Å². The molecule has 204 valence electrons. The largest absolute Gasteiger partial charge is 0.507 e. The zero-order chi connectivity index (χ0) is 27.8. The molecule has 1 unspecified atom stereocenters. The van der Waals surface area contributed by atoms with Gasteiger partial charge < -0.3 is 19.3 Å². The SMILES string of the molecule is CCCCOc1ccc(C2C(=C(O)c3ccc4c(c3)OCCO4)C(=O)C(=O)N2c2nc3ccc(C)cc3s2)cc1. The number of rotatable bonds is 7. The number of aliphatic hydroxyl groups is 1. The predicted molar refractivity (Wildman–Crippen MR) is 153 cm³/mol. The Kier molecular flexibility index (Phi) is 6.89. The van der Waals surface area contributed by atoms with Crippen molar-refractivity contribution in [3.8, 4) is 17.2 Å². The molecule has 0 radical (unpaired) electrons. The van der Waals surface area contributed by atoms with Gasteiger partial charge in [0, 0.05) is 5.56 Å². The summed E-state index contributed by atoms with van der Waals surface area (Å²) >= 11 is 1.33. The first-order chi connectivity index (χ1) is 19.4. The van der Waals surface area contributed by atoms with Gasteiger partial charge in [-0.15, -0.1) is 0 Å². The summed E-state index contributed by atoms with van der Waals surface area (Å²) in [6, 6.07) is 17.2. The fourth-order valence-electron chi connectivity index (χ4n) is 4.89. The number of anilines is 1. The van der Waals surface area contributed by atoms with Crippen LogP contribution >= 0.6 is 11.3 Å². The van der Waals surface area contributed by atoms with Crippen LogP contribution in [0.15, 0.2) is 66.2 Å². The number of fused-ring (bicyclic) bond motifs is 2. The predicted octanol–water partition coefficient (Wildman–Crippen LogP) is 6.18.